The van der Waals surface area contributed by atoms with E-state index < -0.39 is 26.6 Å². The van der Waals surface area contributed by atoms with Crippen LogP contribution in [0.2, 0.25) is 13.1 Å². The summed E-state index contributed by atoms with van der Waals surface area (Å²) in [5.41, 5.74) is 24.4. The molecule has 48 heavy (non-hydrogen) atoms. The van der Waals surface area contributed by atoms with E-state index in [2.05, 4.69) is 141 Å². The molecule has 2 aliphatic carbocycles. The van der Waals surface area contributed by atoms with Gasteiger partial charge < -0.3 is 0 Å². The quantitative estimate of drug-likeness (QED) is 0.132. The first-order valence-corrected chi connectivity index (χ1v) is 32.0. The predicted molar refractivity (Wildman–Crippen MR) is 212 cm³/mol. The van der Waals surface area contributed by atoms with Gasteiger partial charge >= 0.3 is 303 Å². The van der Waals surface area contributed by atoms with E-state index in [4.69, 9.17) is 0 Å². The molecule has 0 saturated heterocycles. The molecule has 0 spiro atoms. The fourth-order valence-electron chi connectivity index (χ4n) is 8.71. The second kappa shape index (κ2) is 14.7. The number of allylic oxidation sites excluding steroid dienone is 2. The third-order valence-corrected chi connectivity index (χ3v) is 42.8. The fourth-order valence-corrected chi connectivity index (χ4v) is 41.2. The Morgan fingerprint density at radius 3 is 1.31 bits per heavy atom. The van der Waals surface area contributed by atoms with Crippen molar-refractivity contribution >= 4 is 18.1 Å². The third kappa shape index (κ3) is 6.30. The van der Waals surface area contributed by atoms with Crippen molar-refractivity contribution in [3.05, 3.63) is 127 Å². The van der Waals surface area contributed by atoms with Gasteiger partial charge in [0, 0.05) is 0 Å². The van der Waals surface area contributed by atoms with E-state index in [0.29, 0.717) is 7.35 Å². The Hall–Kier alpha value is -2.55. The zero-order valence-electron chi connectivity index (χ0n) is 31.4. The minimum atomic E-state index is -2.44. The second-order valence-corrected chi connectivity index (χ2v) is 43.1. The van der Waals surface area contributed by atoms with Crippen LogP contribution in [0, 0.1) is 41.5 Å². The molecule has 6 rings (SSSR count). The number of hydrogen-bond donors (Lipinski definition) is 0. The van der Waals surface area contributed by atoms with Crippen molar-refractivity contribution in [3.8, 4) is 22.3 Å². The number of aryl methyl sites for hydroxylation is 2. The van der Waals surface area contributed by atoms with Gasteiger partial charge in [-0.2, -0.15) is 0 Å². The molecule has 2 aliphatic rings. The van der Waals surface area contributed by atoms with E-state index in [1.165, 1.54) is 94.2 Å². The van der Waals surface area contributed by atoms with E-state index in [1.807, 2.05) is 0 Å². The molecule has 0 bridgehead atoms. The summed E-state index contributed by atoms with van der Waals surface area (Å²) in [7, 11) is 0. The van der Waals surface area contributed by atoms with Gasteiger partial charge in [-0.25, -0.2) is 0 Å². The summed E-state index contributed by atoms with van der Waals surface area (Å²) in [5.74, 6) is -0.951. The van der Waals surface area contributed by atoms with Crippen LogP contribution in [-0.2, 0) is 20.6 Å². The van der Waals surface area contributed by atoms with E-state index in [1.54, 1.807) is 33.4 Å². The number of unbranched alkanes of at least 4 members (excludes halogenated alkanes) is 2. The predicted octanol–water partition coefficient (Wildman–Crippen LogP) is 13.4. The van der Waals surface area contributed by atoms with Crippen LogP contribution in [0.5, 0.6) is 0 Å². The first kappa shape index (κ1) is 35.3. The summed E-state index contributed by atoms with van der Waals surface area (Å²) in [4.78, 5) is 0. The number of benzene rings is 4. The van der Waals surface area contributed by atoms with Crippen LogP contribution in [0.1, 0.15) is 115 Å². The van der Waals surface area contributed by atoms with Gasteiger partial charge in [0.1, 0.15) is 0 Å². The van der Waals surface area contributed by atoms with Crippen molar-refractivity contribution in [2.45, 2.75) is 114 Å². The Kier molecular flexibility index (Phi) is 10.8. The van der Waals surface area contributed by atoms with E-state index in [-0.39, 0.29) is 0 Å². The first-order valence-electron chi connectivity index (χ1n) is 18.8. The van der Waals surface area contributed by atoms with Crippen LogP contribution >= 0.6 is 0 Å². The van der Waals surface area contributed by atoms with E-state index in [9.17, 15) is 0 Å². The molecule has 249 valence electrons. The van der Waals surface area contributed by atoms with Crippen molar-refractivity contribution in [1.82, 2.24) is 0 Å². The SMILES string of the molecule is CCCCC1=Cc2c(-c3ccc(C)c(C)c3C)cccc2[CH]1[Hf]([CH]1C(CCCC)=Cc2c(-c3ccc(C)c(C)c3C)cccc21)[SiH](C)C. The number of hydrogen-bond acceptors (Lipinski definition) is 0. The zero-order valence-corrected chi connectivity index (χ0v) is 36.2. The van der Waals surface area contributed by atoms with E-state index in [0.717, 1.165) is 0 Å². The monoisotopic (exact) mass is 817 g/mol. The Morgan fingerprint density at radius 2 is 0.938 bits per heavy atom. The molecule has 0 amide bonds. The first-order chi connectivity index (χ1) is 23.1. The molecule has 2 unspecified atom stereocenters. The summed E-state index contributed by atoms with van der Waals surface area (Å²) < 4.78 is 1.39. The molecular formula is C46H57HfSi. The van der Waals surface area contributed by atoms with Gasteiger partial charge in [0.05, 0.1) is 0 Å². The number of fused-ring (bicyclic) bond motifs is 2. The normalized spacial score (nSPS) is 16.6. The summed E-state index contributed by atoms with van der Waals surface area (Å²) in [5, 5.41) is 0. The van der Waals surface area contributed by atoms with Crippen LogP contribution < -0.4 is 0 Å². The van der Waals surface area contributed by atoms with Gasteiger partial charge in [-0.15, -0.1) is 0 Å². The Balaban J connectivity index is 1.54. The average molecular weight is 817 g/mol. The molecule has 0 aromatic heterocycles. The van der Waals surface area contributed by atoms with Crippen molar-refractivity contribution < 1.29 is 20.6 Å². The van der Waals surface area contributed by atoms with Crippen LogP contribution in [0.3, 0.4) is 0 Å². The van der Waals surface area contributed by atoms with Crippen LogP contribution in [0.25, 0.3) is 34.4 Å². The van der Waals surface area contributed by atoms with Gasteiger partial charge in [-0.05, 0) is 0 Å². The van der Waals surface area contributed by atoms with Gasteiger partial charge in [-0.1, -0.05) is 0 Å². The molecule has 2 atom stereocenters. The van der Waals surface area contributed by atoms with Gasteiger partial charge in [-0.3, -0.25) is 0 Å². The molecule has 0 aliphatic heterocycles. The van der Waals surface area contributed by atoms with Crippen LogP contribution in [0.15, 0.2) is 71.8 Å². The molecule has 0 heterocycles. The van der Waals surface area contributed by atoms with E-state index >= 15 is 0 Å². The molecule has 2 heteroatoms. The Morgan fingerprint density at radius 1 is 0.521 bits per heavy atom. The van der Waals surface area contributed by atoms with Crippen molar-refractivity contribution in [3.63, 3.8) is 0 Å². The molecule has 0 nitrogen and oxygen atoms in total. The summed E-state index contributed by atoms with van der Waals surface area (Å²) in [6, 6.07) is 24.2. The Labute approximate surface area is 300 Å². The average Bonchev–Trinajstić information content (AvgIpc) is 3.63. The molecule has 0 fully saturated rings. The van der Waals surface area contributed by atoms with Gasteiger partial charge in [0.2, 0.25) is 0 Å². The van der Waals surface area contributed by atoms with Crippen LogP contribution in [0.4, 0.5) is 0 Å². The summed E-state index contributed by atoms with van der Waals surface area (Å²) >= 11 is -2.44. The maximum absolute atomic E-state index is 2.74. The second-order valence-electron chi connectivity index (χ2n) is 15.1. The van der Waals surface area contributed by atoms with Crippen LogP contribution in [-0.4, -0.2) is 5.98 Å². The van der Waals surface area contributed by atoms with Crippen molar-refractivity contribution in [2.24, 2.45) is 0 Å². The van der Waals surface area contributed by atoms with Crippen molar-refractivity contribution in [1.29, 1.82) is 0 Å². The van der Waals surface area contributed by atoms with Gasteiger partial charge in [0.15, 0.2) is 0 Å². The van der Waals surface area contributed by atoms with Gasteiger partial charge in [0.25, 0.3) is 0 Å². The fraction of sp³-hybridized carbons (Fsp3) is 0.391. The standard InChI is InChI=1S/2C22H25.C2H7Si.Hf/c2*1-5-6-8-18-13-19-9-7-10-21(22(19)14-18)20-12-11-15(2)16(3)17(20)4;1-3-2;/h2*7,9-14H,5-6,8H2,1-4H3;3H,1-2H3;. The zero-order chi connectivity index (χ0) is 34.3. The third-order valence-electron chi connectivity index (χ3n) is 12.0. The molecule has 4 aromatic carbocycles. The maximum atomic E-state index is 2.74. The molecule has 0 saturated carbocycles. The molecule has 4 aromatic rings. The molecule has 0 N–H and O–H groups in total. The van der Waals surface area contributed by atoms with Crippen molar-refractivity contribution in [2.75, 3.05) is 0 Å². The number of rotatable bonds is 11. The Bertz CT molecular complexity index is 1770. The molecule has 0 radical (unpaired) electrons. The minimum absolute atomic E-state index is 0.697. The summed E-state index contributed by atoms with van der Waals surface area (Å²) in [6.07, 6.45) is 13.0. The summed E-state index contributed by atoms with van der Waals surface area (Å²) in [6.45, 7) is 24.0. The molecular weight excluding hydrogens is 759 g/mol. The topological polar surface area (TPSA) is 0 Å².